The molecule has 2 saturated heterocycles. The normalized spacial score (nSPS) is 20.0. The van der Waals surface area contributed by atoms with Crippen LogP contribution in [0.15, 0.2) is 97.1 Å². The highest BCUT2D eigenvalue weighted by atomic mass is 35.5. The van der Waals surface area contributed by atoms with Crippen LogP contribution in [-0.4, -0.2) is 59.2 Å². The molecule has 54 heavy (non-hydrogen) atoms. The van der Waals surface area contributed by atoms with Gasteiger partial charge in [0.1, 0.15) is 0 Å². The summed E-state index contributed by atoms with van der Waals surface area (Å²) in [5, 5.41) is 27.5. The van der Waals surface area contributed by atoms with Gasteiger partial charge >= 0.3 is 0 Å². The number of unbranched alkanes of at least 4 members (excludes halogenated alkanes) is 2. The molecule has 0 spiro atoms. The fraction of sp³-hybridized carbons (Fsp3) is 0.409. The quantitative estimate of drug-likeness (QED) is 0.0939. The summed E-state index contributed by atoms with van der Waals surface area (Å²) in [6.07, 6.45) is 4.11. The van der Waals surface area contributed by atoms with Gasteiger partial charge in [-0.05, 0) is 77.3 Å². The lowest BCUT2D eigenvalue weighted by Gasteiger charge is -2.42. The van der Waals surface area contributed by atoms with E-state index in [2.05, 4.69) is 51.9 Å². The van der Waals surface area contributed by atoms with E-state index in [0.717, 1.165) is 77.8 Å². The lowest BCUT2D eigenvalue weighted by atomic mass is 9.84. The molecule has 4 aromatic carbocycles. The predicted octanol–water partition coefficient (Wildman–Crippen LogP) is 7.34. The molecule has 0 bridgehead atoms. The van der Waals surface area contributed by atoms with Gasteiger partial charge in [-0.1, -0.05) is 96.9 Å². The van der Waals surface area contributed by atoms with Gasteiger partial charge in [-0.15, -0.1) is 0 Å². The van der Waals surface area contributed by atoms with Gasteiger partial charge in [0.15, 0.2) is 6.29 Å². The van der Waals surface area contributed by atoms with Crippen LogP contribution in [0.5, 0.6) is 0 Å². The third kappa shape index (κ3) is 11.0. The van der Waals surface area contributed by atoms with E-state index in [0.29, 0.717) is 43.8 Å². The number of piperidine rings is 1. The summed E-state index contributed by atoms with van der Waals surface area (Å²) in [4.78, 5) is 25.8. The number of amides is 2. The van der Waals surface area contributed by atoms with Crippen LogP contribution in [0.25, 0.3) is 11.1 Å². The SMILES string of the molecule is CC(=O)NCCCCCC(=O)NCc1cccc(-c2ccc([C@H]3O[C@@H](CN4CCC(O)(c5ccc(Cl)cc5)CC4)C[C@@H](c4ccc(CO)cc4)O3)cc2)c1. The summed E-state index contributed by atoms with van der Waals surface area (Å²) >= 11 is 6.10. The lowest BCUT2D eigenvalue weighted by molar-refractivity contribution is -0.253. The Hall–Kier alpha value is -4.09. The smallest absolute Gasteiger partial charge is 0.220 e. The summed E-state index contributed by atoms with van der Waals surface area (Å²) in [6, 6.07) is 31.9. The zero-order chi connectivity index (χ0) is 37.9. The van der Waals surface area contributed by atoms with Crippen molar-refractivity contribution in [1.29, 1.82) is 0 Å². The number of carbonyl (C=O) groups is 2. The molecule has 0 unspecified atom stereocenters. The number of aliphatic hydroxyl groups excluding tert-OH is 1. The summed E-state index contributed by atoms with van der Waals surface area (Å²) in [5.74, 6) is -0.00281. The first kappa shape index (κ1) is 39.6. The van der Waals surface area contributed by atoms with Crippen molar-refractivity contribution in [2.24, 2.45) is 0 Å². The first-order chi connectivity index (χ1) is 26.2. The van der Waals surface area contributed by atoms with Crippen molar-refractivity contribution in [3.63, 3.8) is 0 Å². The maximum atomic E-state index is 12.4. The predicted molar refractivity (Wildman–Crippen MR) is 210 cm³/mol. The molecule has 2 amide bonds. The van der Waals surface area contributed by atoms with E-state index in [9.17, 15) is 19.8 Å². The molecule has 9 nitrogen and oxygen atoms in total. The van der Waals surface area contributed by atoms with Crippen LogP contribution in [0.4, 0.5) is 0 Å². The van der Waals surface area contributed by atoms with Crippen molar-refractivity contribution >= 4 is 23.4 Å². The molecule has 10 heteroatoms. The number of ether oxygens (including phenoxy) is 2. The Balaban J connectivity index is 1.07. The minimum absolute atomic E-state index is 0.00950. The van der Waals surface area contributed by atoms with Gasteiger partial charge in [-0.25, -0.2) is 0 Å². The van der Waals surface area contributed by atoms with E-state index in [1.807, 2.05) is 60.7 Å². The van der Waals surface area contributed by atoms with E-state index in [4.69, 9.17) is 21.1 Å². The third-order valence-electron chi connectivity index (χ3n) is 10.5. The first-order valence-corrected chi connectivity index (χ1v) is 19.5. The standard InChI is InChI=1S/C44H52ClN3O6/c1-31(50)46-23-4-2-3-8-42(51)47-28-33-6-5-7-37(26-33)34-13-15-36(16-14-34)43-53-40(27-41(54-43)35-11-9-32(30-49)10-12-35)29-48-24-21-44(52,22-25-48)38-17-19-39(45)20-18-38/h5-7,9-20,26,40-41,43,49,52H,2-4,8,21-25,27-30H2,1H3,(H,46,50)(H,47,51)/t40-,41+,43+/m1/s1. The zero-order valence-electron chi connectivity index (χ0n) is 31.0. The van der Waals surface area contributed by atoms with Gasteiger partial charge in [-0.3, -0.25) is 9.59 Å². The highest BCUT2D eigenvalue weighted by Crippen LogP contribution is 2.40. The first-order valence-electron chi connectivity index (χ1n) is 19.1. The van der Waals surface area contributed by atoms with Crippen molar-refractivity contribution < 1.29 is 29.3 Å². The summed E-state index contributed by atoms with van der Waals surface area (Å²) in [6.45, 7) is 4.82. The second-order valence-corrected chi connectivity index (χ2v) is 15.0. The second kappa shape index (κ2) is 19.0. The minimum Gasteiger partial charge on any atom is -0.392 e. The molecule has 0 aromatic heterocycles. The van der Waals surface area contributed by atoms with Crippen molar-refractivity contribution in [1.82, 2.24) is 15.5 Å². The topological polar surface area (TPSA) is 120 Å². The Morgan fingerprint density at radius 2 is 1.56 bits per heavy atom. The maximum absolute atomic E-state index is 12.4. The number of carbonyl (C=O) groups excluding carboxylic acids is 2. The van der Waals surface area contributed by atoms with Crippen LogP contribution in [0.1, 0.15) is 92.1 Å². The highest BCUT2D eigenvalue weighted by Gasteiger charge is 2.37. The van der Waals surface area contributed by atoms with Crippen molar-refractivity contribution in [2.75, 3.05) is 26.2 Å². The molecule has 2 fully saturated rings. The van der Waals surface area contributed by atoms with E-state index in [-0.39, 0.29) is 30.6 Å². The van der Waals surface area contributed by atoms with Crippen molar-refractivity contribution in [3.05, 3.63) is 130 Å². The Morgan fingerprint density at radius 3 is 2.26 bits per heavy atom. The molecule has 6 rings (SSSR count). The average molecular weight is 754 g/mol. The third-order valence-corrected chi connectivity index (χ3v) is 10.8. The summed E-state index contributed by atoms with van der Waals surface area (Å²) in [5.41, 5.74) is 5.99. The number of likely N-dealkylation sites (tertiary alicyclic amines) is 1. The number of aliphatic hydroxyl groups is 2. The number of nitrogens with zero attached hydrogens (tertiary/aromatic N) is 1. The van der Waals surface area contributed by atoms with Crippen LogP contribution in [0, 0.1) is 0 Å². The van der Waals surface area contributed by atoms with Crippen molar-refractivity contribution in [2.45, 2.75) is 89.1 Å². The van der Waals surface area contributed by atoms with E-state index in [1.54, 1.807) is 0 Å². The number of nitrogens with one attached hydrogen (secondary N) is 2. The largest absolute Gasteiger partial charge is 0.392 e. The maximum Gasteiger partial charge on any atom is 0.220 e. The number of hydrogen-bond acceptors (Lipinski definition) is 7. The lowest BCUT2D eigenvalue weighted by Crippen LogP contribution is -2.46. The minimum atomic E-state index is -0.872. The molecular weight excluding hydrogens is 702 g/mol. The van der Waals surface area contributed by atoms with Gasteiger partial charge in [0, 0.05) is 63.1 Å². The summed E-state index contributed by atoms with van der Waals surface area (Å²) in [7, 11) is 0. The average Bonchev–Trinajstić information content (AvgIpc) is 3.19. The van der Waals surface area contributed by atoms with Crippen LogP contribution in [-0.2, 0) is 37.8 Å². The van der Waals surface area contributed by atoms with E-state index in [1.165, 1.54) is 6.92 Å². The number of halogens is 1. The second-order valence-electron chi connectivity index (χ2n) is 14.6. The Morgan fingerprint density at radius 1 is 0.833 bits per heavy atom. The molecule has 3 atom stereocenters. The van der Waals surface area contributed by atoms with Gasteiger partial charge in [0.25, 0.3) is 0 Å². The van der Waals surface area contributed by atoms with E-state index >= 15 is 0 Å². The molecule has 0 aliphatic carbocycles. The Kier molecular flexibility index (Phi) is 13.9. The fourth-order valence-corrected chi connectivity index (χ4v) is 7.44. The van der Waals surface area contributed by atoms with Gasteiger partial charge in [0.05, 0.1) is 24.4 Å². The fourth-order valence-electron chi connectivity index (χ4n) is 7.31. The molecule has 4 N–H and O–H groups in total. The van der Waals surface area contributed by atoms with Gasteiger partial charge in [-0.2, -0.15) is 0 Å². The van der Waals surface area contributed by atoms with Crippen LogP contribution >= 0.6 is 11.6 Å². The van der Waals surface area contributed by atoms with Crippen LogP contribution in [0.2, 0.25) is 5.02 Å². The highest BCUT2D eigenvalue weighted by molar-refractivity contribution is 6.30. The molecule has 2 aliphatic heterocycles. The van der Waals surface area contributed by atoms with Crippen LogP contribution < -0.4 is 10.6 Å². The van der Waals surface area contributed by atoms with Gasteiger partial charge in [0.2, 0.25) is 11.8 Å². The molecule has 2 aliphatic rings. The number of rotatable bonds is 15. The molecular formula is C44H52ClN3O6. The molecule has 286 valence electrons. The Labute approximate surface area is 323 Å². The van der Waals surface area contributed by atoms with E-state index < -0.39 is 11.9 Å². The number of hydrogen-bond donors (Lipinski definition) is 4. The zero-order valence-corrected chi connectivity index (χ0v) is 31.8. The molecule has 2 heterocycles. The van der Waals surface area contributed by atoms with Gasteiger partial charge < -0.3 is 35.2 Å². The number of benzene rings is 4. The molecule has 0 radical (unpaired) electrons. The summed E-state index contributed by atoms with van der Waals surface area (Å²) < 4.78 is 13.3. The Bertz CT molecular complexity index is 1810. The molecule has 0 saturated carbocycles. The monoisotopic (exact) mass is 753 g/mol. The van der Waals surface area contributed by atoms with Crippen molar-refractivity contribution in [3.8, 4) is 11.1 Å². The van der Waals surface area contributed by atoms with Crippen LogP contribution in [0.3, 0.4) is 0 Å². The molecule has 4 aromatic rings.